The fraction of sp³-hybridized carbons (Fsp3) is 0.333. The number of anilines is 2. The van der Waals surface area contributed by atoms with Gasteiger partial charge in [-0.15, -0.1) is 5.10 Å². The molecule has 0 aliphatic carbocycles. The highest BCUT2D eigenvalue weighted by molar-refractivity contribution is 7.99. The maximum absolute atomic E-state index is 13.4. The lowest BCUT2D eigenvalue weighted by Crippen LogP contribution is -2.33. The fourth-order valence-corrected chi connectivity index (χ4v) is 5.37. The number of carbonyl (C=O) groups excluding carboxylic acids is 1. The van der Waals surface area contributed by atoms with Gasteiger partial charge in [0.2, 0.25) is 11.6 Å². The Bertz CT molecular complexity index is 1410. The molecule has 0 atom stereocenters. The number of fused-ring (bicyclic) bond motifs is 3. The summed E-state index contributed by atoms with van der Waals surface area (Å²) in [5, 5.41) is 7.54. The third-order valence-corrected chi connectivity index (χ3v) is 6.88. The predicted molar refractivity (Wildman–Crippen MR) is 134 cm³/mol. The van der Waals surface area contributed by atoms with Crippen LogP contribution in [-0.2, 0) is 11.3 Å². The number of amides is 1. The van der Waals surface area contributed by atoms with Crippen LogP contribution < -0.4 is 15.9 Å². The predicted octanol–water partition coefficient (Wildman–Crippen LogP) is 3.16. The number of para-hydroxylation sites is 2. The van der Waals surface area contributed by atoms with Crippen molar-refractivity contribution in [1.29, 1.82) is 0 Å². The second-order valence-electron chi connectivity index (χ2n) is 8.44. The van der Waals surface area contributed by atoms with E-state index in [9.17, 15) is 9.59 Å². The second kappa shape index (κ2) is 8.55. The van der Waals surface area contributed by atoms with Gasteiger partial charge in [0.05, 0.1) is 11.0 Å². The minimum atomic E-state index is -0.344. The lowest BCUT2D eigenvalue weighted by atomic mass is 10.1. The quantitative estimate of drug-likeness (QED) is 0.502. The first kappa shape index (κ1) is 21.5. The Kier molecular flexibility index (Phi) is 5.57. The van der Waals surface area contributed by atoms with Crippen LogP contribution in [0.5, 0.6) is 0 Å². The molecule has 1 aliphatic rings. The average Bonchev–Trinajstić information content (AvgIpc) is 3.12. The highest BCUT2D eigenvalue weighted by Crippen LogP contribution is 2.25. The van der Waals surface area contributed by atoms with Gasteiger partial charge in [-0.3, -0.25) is 4.79 Å². The summed E-state index contributed by atoms with van der Waals surface area (Å²) in [6.45, 7) is 7.48. The number of hydrogen-bond donors (Lipinski definition) is 1. The lowest BCUT2D eigenvalue weighted by Gasteiger charge is -2.27. The molecule has 1 saturated heterocycles. The van der Waals surface area contributed by atoms with Crippen molar-refractivity contribution in [2.24, 2.45) is 0 Å². The SMILES string of the molecule is Cc1cc(C)c(NC(=O)Cn2nc3c(N4CCSCC4)nc4ccccc4n3c2=O)c(C)c1. The zero-order valence-electron chi connectivity index (χ0n) is 19.0. The molecule has 9 heteroatoms. The Morgan fingerprint density at radius 2 is 1.79 bits per heavy atom. The number of carbonyl (C=O) groups is 1. The minimum absolute atomic E-state index is 0.170. The van der Waals surface area contributed by atoms with E-state index in [2.05, 4.69) is 15.3 Å². The molecule has 1 N–H and O–H groups in total. The van der Waals surface area contributed by atoms with Crippen LogP contribution in [0.3, 0.4) is 0 Å². The molecule has 2 aromatic carbocycles. The van der Waals surface area contributed by atoms with Crippen LogP contribution in [0.4, 0.5) is 11.5 Å². The van der Waals surface area contributed by atoms with Crippen molar-refractivity contribution < 1.29 is 4.79 Å². The standard InChI is InChI=1S/C24H26N6O2S/c1-15-12-16(2)21(17(3)13-15)26-20(31)14-29-24(32)30-19-7-5-4-6-18(19)25-22(23(30)27-29)28-8-10-33-11-9-28/h4-7,12-13H,8-11,14H2,1-3H3,(H,26,31). The van der Waals surface area contributed by atoms with Crippen LogP contribution in [0.2, 0.25) is 0 Å². The summed E-state index contributed by atoms with van der Waals surface area (Å²) < 4.78 is 2.81. The zero-order chi connectivity index (χ0) is 23.1. The van der Waals surface area contributed by atoms with Gasteiger partial charge in [-0.05, 0) is 44.0 Å². The van der Waals surface area contributed by atoms with Crippen LogP contribution >= 0.6 is 11.8 Å². The number of rotatable bonds is 4. The summed E-state index contributed by atoms with van der Waals surface area (Å²) in [5.41, 5.74) is 5.46. The van der Waals surface area contributed by atoms with Crippen molar-refractivity contribution in [3.05, 3.63) is 63.6 Å². The van der Waals surface area contributed by atoms with Crippen LogP contribution in [-0.4, -0.2) is 49.7 Å². The molecule has 33 heavy (non-hydrogen) atoms. The van der Waals surface area contributed by atoms with E-state index < -0.39 is 0 Å². The maximum Gasteiger partial charge on any atom is 0.351 e. The first-order chi connectivity index (χ1) is 15.9. The number of aromatic nitrogens is 4. The van der Waals surface area contributed by atoms with Crippen LogP contribution in [0, 0.1) is 20.8 Å². The van der Waals surface area contributed by atoms with Crippen molar-refractivity contribution in [2.45, 2.75) is 27.3 Å². The van der Waals surface area contributed by atoms with Crippen molar-refractivity contribution in [3.63, 3.8) is 0 Å². The van der Waals surface area contributed by atoms with Gasteiger partial charge in [-0.2, -0.15) is 11.8 Å². The van der Waals surface area contributed by atoms with Gasteiger partial charge in [0.15, 0.2) is 5.82 Å². The molecule has 1 fully saturated rings. The maximum atomic E-state index is 13.4. The number of nitrogens with zero attached hydrogens (tertiary/aromatic N) is 5. The fourth-order valence-electron chi connectivity index (χ4n) is 4.46. The Balaban J connectivity index is 1.55. The third-order valence-electron chi connectivity index (χ3n) is 5.93. The van der Waals surface area contributed by atoms with E-state index in [1.807, 2.05) is 68.9 Å². The van der Waals surface area contributed by atoms with E-state index in [0.717, 1.165) is 52.5 Å². The van der Waals surface area contributed by atoms with Crippen LogP contribution in [0.1, 0.15) is 16.7 Å². The van der Waals surface area contributed by atoms with Gasteiger partial charge in [0.25, 0.3) is 0 Å². The van der Waals surface area contributed by atoms with Crippen molar-refractivity contribution >= 4 is 45.9 Å². The highest BCUT2D eigenvalue weighted by atomic mass is 32.2. The highest BCUT2D eigenvalue weighted by Gasteiger charge is 2.22. The van der Waals surface area contributed by atoms with E-state index in [1.54, 1.807) is 4.40 Å². The smallest absolute Gasteiger partial charge is 0.351 e. The van der Waals surface area contributed by atoms with Gasteiger partial charge in [-0.25, -0.2) is 18.9 Å². The first-order valence-electron chi connectivity index (χ1n) is 11.0. The van der Waals surface area contributed by atoms with Crippen LogP contribution in [0.15, 0.2) is 41.2 Å². The van der Waals surface area contributed by atoms with Gasteiger partial charge < -0.3 is 10.2 Å². The van der Waals surface area contributed by atoms with Gasteiger partial charge in [0.1, 0.15) is 6.54 Å². The topological polar surface area (TPSA) is 84.5 Å². The van der Waals surface area contributed by atoms with Crippen LogP contribution in [0.25, 0.3) is 16.7 Å². The first-order valence-corrected chi connectivity index (χ1v) is 12.2. The molecule has 4 aromatic rings. The summed E-state index contributed by atoms with van der Waals surface area (Å²) in [6, 6.07) is 11.6. The molecule has 5 rings (SSSR count). The monoisotopic (exact) mass is 462 g/mol. The lowest BCUT2D eigenvalue weighted by molar-refractivity contribution is -0.117. The Morgan fingerprint density at radius 3 is 2.52 bits per heavy atom. The summed E-state index contributed by atoms with van der Waals surface area (Å²) in [7, 11) is 0. The molecule has 1 amide bonds. The molecule has 0 bridgehead atoms. The zero-order valence-corrected chi connectivity index (χ0v) is 19.8. The molecule has 8 nitrogen and oxygen atoms in total. The number of benzene rings is 2. The Labute approximate surface area is 195 Å². The van der Waals surface area contributed by atoms with E-state index in [1.165, 1.54) is 4.68 Å². The van der Waals surface area contributed by atoms with E-state index in [4.69, 9.17) is 4.98 Å². The van der Waals surface area contributed by atoms with E-state index in [-0.39, 0.29) is 18.1 Å². The summed E-state index contributed by atoms with van der Waals surface area (Å²) in [4.78, 5) is 33.3. The normalized spacial score (nSPS) is 14.2. The van der Waals surface area contributed by atoms with Crippen molar-refractivity contribution in [1.82, 2.24) is 19.2 Å². The van der Waals surface area contributed by atoms with Crippen molar-refractivity contribution in [2.75, 3.05) is 34.8 Å². The molecule has 2 aromatic heterocycles. The molecular weight excluding hydrogens is 436 g/mol. The second-order valence-corrected chi connectivity index (χ2v) is 9.67. The Hall–Kier alpha value is -3.33. The molecule has 170 valence electrons. The summed E-state index contributed by atoms with van der Waals surface area (Å²) >= 11 is 1.91. The minimum Gasteiger partial charge on any atom is -0.352 e. The molecule has 0 unspecified atom stereocenters. The van der Waals surface area contributed by atoms with E-state index in [0.29, 0.717) is 17.0 Å². The molecular formula is C24H26N6O2S. The summed E-state index contributed by atoms with van der Waals surface area (Å²) in [6.07, 6.45) is 0. The summed E-state index contributed by atoms with van der Waals surface area (Å²) in [5.74, 6) is 2.41. The molecule has 0 radical (unpaired) electrons. The number of nitrogens with one attached hydrogen (secondary N) is 1. The van der Waals surface area contributed by atoms with Gasteiger partial charge >= 0.3 is 5.69 Å². The third kappa shape index (κ3) is 3.97. The molecule has 1 aliphatic heterocycles. The number of hydrogen-bond acceptors (Lipinski definition) is 6. The molecule has 0 spiro atoms. The average molecular weight is 463 g/mol. The van der Waals surface area contributed by atoms with Gasteiger partial charge in [0, 0.05) is 30.3 Å². The number of aryl methyl sites for hydroxylation is 3. The van der Waals surface area contributed by atoms with E-state index >= 15 is 0 Å². The Morgan fingerprint density at radius 1 is 1.09 bits per heavy atom. The largest absolute Gasteiger partial charge is 0.352 e. The molecule has 3 heterocycles. The van der Waals surface area contributed by atoms with Crippen molar-refractivity contribution in [3.8, 4) is 0 Å². The number of thioether (sulfide) groups is 1. The molecule has 0 saturated carbocycles. The van der Waals surface area contributed by atoms with Gasteiger partial charge in [-0.1, -0.05) is 29.8 Å².